The van der Waals surface area contributed by atoms with Crippen LogP contribution in [0.15, 0.2) is 29.2 Å². The molecule has 0 aromatic heterocycles. The monoisotopic (exact) mass is 299 g/mol. The highest BCUT2D eigenvalue weighted by Gasteiger charge is 2.24. The number of rotatable bonds is 8. The van der Waals surface area contributed by atoms with Crippen molar-refractivity contribution in [3.05, 3.63) is 34.4 Å². The van der Waals surface area contributed by atoms with Crippen LogP contribution in [0.25, 0.3) is 0 Å². The number of nitrogens with zero attached hydrogens (tertiary/aromatic N) is 1. The first-order valence-corrected chi connectivity index (χ1v) is 7.95. The van der Waals surface area contributed by atoms with Gasteiger partial charge in [-0.15, -0.1) is 0 Å². The van der Waals surface area contributed by atoms with Crippen LogP contribution in [0, 0.1) is 10.1 Å². The van der Waals surface area contributed by atoms with Crippen molar-refractivity contribution in [1.82, 2.24) is 10.0 Å². The first kappa shape index (κ1) is 14.9. The van der Waals surface area contributed by atoms with E-state index in [1.165, 1.54) is 37.1 Å². The molecule has 110 valence electrons. The number of nitro benzene ring substituents is 1. The summed E-state index contributed by atoms with van der Waals surface area (Å²) in [5.41, 5.74) is -0.406. The fourth-order valence-corrected chi connectivity index (χ4v) is 3.05. The van der Waals surface area contributed by atoms with Crippen molar-refractivity contribution in [3.63, 3.8) is 0 Å². The maximum absolute atomic E-state index is 12.0. The Balaban J connectivity index is 1.93. The zero-order chi connectivity index (χ0) is 14.6. The largest absolute Gasteiger partial charge is 0.314 e. The van der Waals surface area contributed by atoms with Gasteiger partial charge in [0, 0.05) is 18.7 Å². The van der Waals surface area contributed by atoms with Gasteiger partial charge in [0.1, 0.15) is 0 Å². The van der Waals surface area contributed by atoms with Gasteiger partial charge in [0.15, 0.2) is 4.90 Å². The standard InChI is InChI=1S/C12H17N3O4S/c16-15(17)11-4-1-2-5-12(11)20(18,19)14-9-3-8-13-10-6-7-10/h1-2,4-5,10,13-14H,3,6-9H2. The Hall–Kier alpha value is -1.51. The van der Waals surface area contributed by atoms with E-state index in [0.29, 0.717) is 12.5 Å². The molecule has 0 unspecified atom stereocenters. The average molecular weight is 299 g/mol. The summed E-state index contributed by atoms with van der Waals surface area (Å²) >= 11 is 0. The lowest BCUT2D eigenvalue weighted by atomic mass is 10.3. The molecular formula is C12H17N3O4S. The third kappa shape index (κ3) is 3.99. The summed E-state index contributed by atoms with van der Waals surface area (Å²) in [7, 11) is -3.84. The van der Waals surface area contributed by atoms with Crippen LogP contribution in [0.4, 0.5) is 5.69 Å². The van der Waals surface area contributed by atoms with Crippen molar-refractivity contribution in [2.75, 3.05) is 13.1 Å². The molecule has 1 saturated carbocycles. The summed E-state index contributed by atoms with van der Waals surface area (Å²) in [5.74, 6) is 0. The van der Waals surface area contributed by atoms with Crippen molar-refractivity contribution in [1.29, 1.82) is 0 Å². The molecule has 0 aliphatic heterocycles. The molecule has 1 fully saturated rings. The maximum Gasteiger partial charge on any atom is 0.289 e. The number of hydrogen-bond acceptors (Lipinski definition) is 5. The zero-order valence-corrected chi connectivity index (χ0v) is 11.7. The fraction of sp³-hybridized carbons (Fsp3) is 0.500. The zero-order valence-electron chi connectivity index (χ0n) is 10.9. The van der Waals surface area contributed by atoms with E-state index in [1.54, 1.807) is 0 Å². The molecule has 1 aromatic rings. The molecule has 0 spiro atoms. The maximum atomic E-state index is 12.0. The predicted octanol–water partition coefficient (Wildman–Crippen LogP) is 1.02. The summed E-state index contributed by atoms with van der Waals surface area (Å²) in [6.45, 7) is 0.998. The highest BCUT2D eigenvalue weighted by Crippen LogP contribution is 2.22. The van der Waals surface area contributed by atoms with Crippen molar-refractivity contribution in [2.45, 2.75) is 30.2 Å². The van der Waals surface area contributed by atoms with Crippen molar-refractivity contribution >= 4 is 15.7 Å². The summed E-state index contributed by atoms with van der Waals surface area (Å²) in [6.07, 6.45) is 3.01. The first-order chi connectivity index (χ1) is 9.50. The number of nitro groups is 1. The SMILES string of the molecule is O=[N+]([O-])c1ccccc1S(=O)(=O)NCCCNC1CC1. The molecule has 1 aliphatic carbocycles. The normalized spacial score (nSPS) is 15.2. The van der Waals surface area contributed by atoms with Gasteiger partial charge >= 0.3 is 0 Å². The van der Waals surface area contributed by atoms with E-state index in [1.807, 2.05) is 0 Å². The Morgan fingerprint density at radius 2 is 1.95 bits per heavy atom. The minimum Gasteiger partial charge on any atom is -0.314 e. The van der Waals surface area contributed by atoms with Crippen LogP contribution < -0.4 is 10.0 Å². The first-order valence-electron chi connectivity index (χ1n) is 6.47. The van der Waals surface area contributed by atoms with Crippen molar-refractivity contribution in [2.24, 2.45) is 0 Å². The van der Waals surface area contributed by atoms with Gasteiger partial charge in [0.25, 0.3) is 5.69 Å². The van der Waals surface area contributed by atoms with E-state index in [4.69, 9.17) is 0 Å². The van der Waals surface area contributed by atoms with Crippen LogP contribution in [-0.4, -0.2) is 32.5 Å². The molecule has 0 radical (unpaired) electrons. The van der Waals surface area contributed by atoms with Gasteiger partial charge in [-0.05, 0) is 31.9 Å². The second-order valence-electron chi connectivity index (χ2n) is 4.70. The Morgan fingerprint density at radius 3 is 2.60 bits per heavy atom. The number of sulfonamides is 1. The van der Waals surface area contributed by atoms with Gasteiger partial charge in [-0.3, -0.25) is 10.1 Å². The van der Waals surface area contributed by atoms with Crippen LogP contribution in [0.3, 0.4) is 0 Å². The lowest BCUT2D eigenvalue weighted by Gasteiger charge is -2.07. The molecule has 1 aromatic carbocycles. The average Bonchev–Trinajstić information content (AvgIpc) is 3.22. The summed E-state index contributed by atoms with van der Waals surface area (Å²) in [6, 6.07) is 5.92. The molecule has 0 heterocycles. The predicted molar refractivity (Wildman–Crippen MR) is 73.9 cm³/mol. The second kappa shape index (κ2) is 6.29. The number of hydrogen-bond donors (Lipinski definition) is 2. The van der Waals surface area contributed by atoms with Crippen LogP contribution >= 0.6 is 0 Å². The number of benzene rings is 1. The van der Waals surface area contributed by atoms with E-state index in [0.717, 1.165) is 6.54 Å². The summed E-state index contributed by atoms with van der Waals surface area (Å²) < 4.78 is 26.5. The van der Waals surface area contributed by atoms with Gasteiger partial charge in [-0.25, -0.2) is 13.1 Å². The lowest BCUT2D eigenvalue weighted by molar-refractivity contribution is -0.387. The third-order valence-electron chi connectivity index (χ3n) is 3.01. The molecule has 8 heteroatoms. The highest BCUT2D eigenvalue weighted by atomic mass is 32.2. The molecule has 0 bridgehead atoms. The Bertz CT molecular complexity index is 584. The minimum atomic E-state index is -3.84. The smallest absolute Gasteiger partial charge is 0.289 e. The van der Waals surface area contributed by atoms with Gasteiger partial charge in [0.05, 0.1) is 4.92 Å². The third-order valence-corrected chi connectivity index (χ3v) is 4.52. The van der Waals surface area contributed by atoms with Crippen LogP contribution in [-0.2, 0) is 10.0 Å². The van der Waals surface area contributed by atoms with E-state index in [9.17, 15) is 18.5 Å². The van der Waals surface area contributed by atoms with E-state index in [2.05, 4.69) is 10.0 Å². The van der Waals surface area contributed by atoms with E-state index in [-0.39, 0.29) is 11.4 Å². The Labute approximate surface area is 117 Å². The summed E-state index contributed by atoms with van der Waals surface area (Å²) in [5, 5.41) is 14.1. The Kier molecular flexibility index (Phi) is 4.69. The molecule has 2 rings (SSSR count). The van der Waals surface area contributed by atoms with E-state index < -0.39 is 20.6 Å². The molecule has 1 aliphatic rings. The molecule has 2 N–H and O–H groups in total. The van der Waals surface area contributed by atoms with Crippen molar-refractivity contribution in [3.8, 4) is 0 Å². The molecule has 0 atom stereocenters. The Morgan fingerprint density at radius 1 is 1.25 bits per heavy atom. The van der Waals surface area contributed by atoms with Crippen LogP contribution in [0.5, 0.6) is 0 Å². The van der Waals surface area contributed by atoms with Crippen LogP contribution in [0.2, 0.25) is 0 Å². The number of nitrogens with one attached hydrogen (secondary N) is 2. The fourth-order valence-electron chi connectivity index (χ4n) is 1.80. The lowest BCUT2D eigenvalue weighted by Crippen LogP contribution is -2.28. The van der Waals surface area contributed by atoms with Gasteiger partial charge in [-0.1, -0.05) is 12.1 Å². The number of para-hydroxylation sites is 1. The van der Waals surface area contributed by atoms with Gasteiger partial charge in [0.2, 0.25) is 10.0 Å². The molecule has 0 amide bonds. The molecule has 7 nitrogen and oxygen atoms in total. The quantitative estimate of drug-likeness (QED) is 0.424. The topological polar surface area (TPSA) is 101 Å². The second-order valence-corrected chi connectivity index (χ2v) is 6.44. The van der Waals surface area contributed by atoms with Gasteiger partial charge in [-0.2, -0.15) is 0 Å². The molecule has 20 heavy (non-hydrogen) atoms. The molecular weight excluding hydrogens is 282 g/mol. The highest BCUT2D eigenvalue weighted by molar-refractivity contribution is 7.89. The minimum absolute atomic E-state index is 0.258. The van der Waals surface area contributed by atoms with Gasteiger partial charge < -0.3 is 5.32 Å². The molecule has 0 saturated heterocycles. The van der Waals surface area contributed by atoms with Crippen molar-refractivity contribution < 1.29 is 13.3 Å². The van der Waals surface area contributed by atoms with E-state index >= 15 is 0 Å². The summed E-state index contributed by atoms with van der Waals surface area (Å²) in [4.78, 5) is 9.85. The van der Waals surface area contributed by atoms with Crippen LogP contribution in [0.1, 0.15) is 19.3 Å².